The molecule has 21 heavy (non-hydrogen) atoms. The lowest BCUT2D eigenvalue weighted by Crippen LogP contribution is -1.93. The van der Waals surface area contributed by atoms with Gasteiger partial charge in [0.1, 0.15) is 5.75 Å². The van der Waals surface area contributed by atoms with Gasteiger partial charge in [0, 0.05) is 6.08 Å². The molecule has 0 heterocycles. The molecule has 0 bridgehead atoms. The van der Waals surface area contributed by atoms with E-state index in [2.05, 4.69) is 0 Å². The number of hydrogen-bond donors (Lipinski definition) is 1. The molecule has 0 unspecified atom stereocenters. The van der Waals surface area contributed by atoms with Gasteiger partial charge in [-0.05, 0) is 41.8 Å². The van der Waals surface area contributed by atoms with Crippen molar-refractivity contribution in [3.05, 3.63) is 65.5 Å². The quantitative estimate of drug-likeness (QED) is 0.834. The molecule has 2 aromatic rings. The van der Waals surface area contributed by atoms with Gasteiger partial charge in [-0.2, -0.15) is 0 Å². The molecule has 108 valence electrons. The molecule has 0 saturated heterocycles. The normalized spacial score (nSPS) is 10.8. The Labute approximate surface area is 122 Å². The van der Waals surface area contributed by atoms with Crippen molar-refractivity contribution in [3.63, 3.8) is 0 Å². The van der Waals surface area contributed by atoms with E-state index in [0.717, 1.165) is 18.1 Å². The van der Waals surface area contributed by atoms with Crippen LogP contribution in [0, 0.1) is 5.82 Å². The van der Waals surface area contributed by atoms with Crippen LogP contribution < -0.4 is 4.74 Å². The summed E-state index contributed by atoms with van der Waals surface area (Å²) in [5.41, 5.74) is 1.46. The van der Waals surface area contributed by atoms with Gasteiger partial charge in [0.2, 0.25) is 0 Å². The highest BCUT2D eigenvalue weighted by Crippen LogP contribution is 2.28. The summed E-state index contributed by atoms with van der Waals surface area (Å²) in [5, 5.41) is 8.55. The van der Waals surface area contributed by atoms with E-state index in [4.69, 9.17) is 9.84 Å². The molecule has 4 heteroatoms. The first-order chi connectivity index (χ1) is 10.1. The smallest absolute Gasteiger partial charge is 0.328 e. The number of rotatable bonds is 5. The first kappa shape index (κ1) is 14.8. The van der Waals surface area contributed by atoms with Crippen molar-refractivity contribution in [2.45, 2.75) is 13.3 Å². The van der Waals surface area contributed by atoms with E-state index in [1.165, 1.54) is 18.2 Å². The standard InChI is InChI=1S/C17H15FO3/c1-2-13-5-3-4-6-15(13)21-16-9-7-12(11-14(16)18)8-10-17(19)20/h3-11H,2H2,1H3,(H,19,20)/b10-8+. The molecule has 3 nitrogen and oxygen atoms in total. The van der Waals surface area contributed by atoms with Crippen LogP contribution in [0.4, 0.5) is 4.39 Å². The number of carboxylic acids is 1. The van der Waals surface area contributed by atoms with Gasteiger partial charge in [-0.15, -0.1) is 0 Å². The predicted octanol–water partition coefficient (Wildman–Crippen LogP) is 4.28. The molecule has 0 aromatic heterocycles. The first-order valence-corrected chi connectivity index (χ1v) is 6.56. The van der Waals surface area contributed by atoms with Gasteiger partial charge >= 0.3 is 5.97 Å². The minimum atomic E-state index is -1.08. The molecule has 0 aliphatic carbocycles. The average Bonchev–Trinajstić information content (AvgIpc) is 2.48. The molecule has 0 saturated carbocycles. The molecule has 2 aromatic carbocycles. The third kappa shape index (κ3) is 3.92. The van der Waals surface area contributed by atoms with Gasteiger partial charge in [-0.25, -0.2) is 9.18 Å². The predicted molar refractivity (Wildman–Crippen MR) is 79.0 cm³/mol. The van der Waals surface area contributed by atoms with Gasteiger partial charge in [-0.1, -0.05) is 31.2 Å². The maximum Gasteiger partial charge on any atom is 0.328 e. The van der Waals surface area contributed by atoms with E-state index < -0.39 is 11.8 Å². The first-order valence-electron chi connectivity index (χ1n) is 6.56. The fourth-order valence-electron chi connectivity index (χ4n) is 1.88. The van der Waals surface area contributed by atoms with Crippen molar-refractivity contribution < 1.29 is 19.0 Å². The minimum Gasteiger partial charge on any atom is -0.478 e. The lowest BCUT2D eigenvalue weighted by molar-refractivity contribution is -0.131. The molecular formula is C17H15FO3. The van der Waals surface area contributed by atoms with E-state index in [9.17, 15) is 9.18 Å². The highest BCUT2D eigenvalue weighted by molar-refractivity contribution is 5.85. The van der Waals surface area contributed by atoms with Crippen LogP contribution in [0.2, 0.25) is 0 Å². The van der Waals surface area contributed by atoms with Crippen LogP contribution in [0.25, 0.3) is 6.08 Å². The van der Waals surface area contributed by atoms with Crippen LogP contribution in [-0.4, -0.2) is 11.1 Å². The molecule has 0 aliphatic rings. The molecule has 0 amide bonds. The van der Waals surface area contributed by atoms with Crippen molar-refractivity contribution in [2.24, 2.45) is 0 Å². The topological polar surface area (TPSA) is 46.5 Å². The van der Waals surface area contributed by atoms with E-state index in [1.807, 2.05) is 25.1 Å². The summed E-state index contributed by atoms with van der Waals surface area (Å²) in [6.45, 7) is 2.00. The Morgan fingerprint density at radius 2 is 2.00 bits per heavy atom. The summed E-state index contributed by atoms with van der Waals surface area (Å²) in [5.74, 6) is -0.878. The zero-order valence-corrected chi connectivity index (χ0v) is 11.5. The number of aryl methyl sites for hydroxylation is 1. The Kier molecular flexibility index (Phi) is 4.72. The number of hydrogen-bond acceptors (Lipinski definition) is 2. The van der Waals surface area contributed by atoms with Gasteiger partial charge in [0.05, 0.1) is 0 Å². The highest BCUT2D eigenvalue weighted by Gasteiger charge is 2.08. The molecule has 1 N–H and O–H groups in total. The molecular weight excluding hydrogens is 271 g/mol. The minimum absolute atomic E-state index is 0.114. The number of para-hydroxylation sites is 1. The third-order valence-electron chi connectivity index (χ3n) is 2.95. The summed E-state index contributed by atoms with van der Waals surface area (Å²) < 4.78 is 19.6. The zero-order valence-electron chi connectivity index (χ0n) is 11.5. The monoisotopic (exact) mass is 286 g/mol. The average molecular weight is 286 g/mol. The van der Waals surface area contributed by atoms with E-state index in [-0.39, 0.29) is 5.75 Å². The third-order valence-corrected chi connectivity index (χ3v) is 2.95. The molecule has 0 atom stereocenters. The zero-order chi connectivity index (χ0) is 15.2. The fourth-order valence-corrected chi connectivity index (χ4v) is 1.88. The number of aliphatic carboxylic acids is 1. The lowest BCUT2D eigenvalue weighted by Gasteiger charge is -2.10. The van der Waals surface area contributed by atoms with Gasteiger partial charge < -0.3 is 9.84 Å². The molecule has 0 fully saturated rings. The van der Waals surface area contributed by atoms with Gasteiger partial charge in [0.15, 0.2) is 11.6 Å². The largest absolute Gasteiger partial charge is 0.478 e. The summed E-state index contributed by atoms with van der Waals surface area (Å²) in [6, 6.07) is 11.8. The summed E-state index contributed by atoms with van der Waals surface area (Å²) >= 11 is 0. The maximum absolute atomic E-state index is 14.0. The number of carboxylic acid groups (broad SMARTS) is 1. The van der Waals surface area contributed by atoms with Crippen molar-refractivity contribution in [1.29, 1.82) is 0 Å². The lowest BCUT2D eigenvalue weighted by atomic mass is 10.1. The Hall–Kier alpha value is -2.62. The van der Waals surface area contributed by atoms with Crippen molar-refractivity contribution in [3.8, 4) is 11.5 Å². The number of carbonyl (C=O) groups is 1. The Bertz CT molecular complexity index is 677. The van der Waals surface area contributed by atoms with Crippen LogP contribution in [-0.2, 0) is 11.2 Å². The van der Waals surface area contributed by atoms with Gasteiger partial charge in [0.25, 0.3) is 0 Å². The van der Waals surface area contributed by atoms with Crippen LogP contribution in [0.15, 0.2) is 48.5 Å². The van der Waals surface area contributed by atoms with E-state index >= 15 is 0 Å². The van der Waals surface area contributed by atoms with Crippen molar-refractivity contribution in [1.82, 2.24) is 0 Å². The second-order valence-electron chi connectivity index (χ2n) is 4.42. The Balaban J connectivity index is 2.23. The molecule has 2 rings (SSSR count). The van der Waals surface area contributed by atoms with Crippen LogP contribution in [0.3, 0.4) is 0 Å². The Morgan fingerprint density at radius 3 is 2.67 bits per heavy atom. The second-order valence-corrected chi connectivity index (χ2v) is 4.42. The SMILES string of the molecule is CCc1ccccc1Oc1ccc(/C=C/C(=O)O)cc1F. The van der Waals surface area contributed by atoms with Crippen LogP contribution >= 0.6 is 0 Å². The van der Waals surface area contributed by atoms with Gasteiger partial charge in [-0.3, -0.25) is 0 Å². The fraction of sp³-hybridized carbons (Fsp3) is 0.118. The second kappa shape index (κ2) is 6.70. The Morgan fingerprint density at radius 1 is 1.24 bits per heavy atom. The molecule has 0 spiro atoms. The summed E-state index contributed by atoms with van der Waals surface area (Å²) in [7, 11) is 0. The maximum atomic E-state index is 14.0. The summed E-state index contributed by atoms with van der Waals surface area (Å²) in [4.78, 5) is 10.4. The highest BCUT2D eigenvalue weighted by atomic mass is 19.1. The molecule has 0 aliphatic heterocycles. The van der Waals surface area contributed by atoms with Crippen LogP contribution in [0.1, 0.15) is 18.1 Å². The van der Waals surface area contributed by atoms with E-state index in [0.29, 0.717) is 11.3 Å². The van der Waals surface area contributed by atoms with Crippen molar-refractivity contribution in [2.75, 3.05) is 0 Å². The number of ether oxygens (including phenoxy) is 1. The molecule has 0 radical (unpaired) electrons. The number of benzene rings is 2. The summed E-state index contributed by atoms with van der Waals surface area (Å²) in [6.07, 6.45) is 3.08. The van der Waals surface area contributed by atoms with E-state index in [1.54, 1.807) is 12.1 Å². The van der Waals surface area contributed by atoms with Crippen molar-refractivity contribution >= 4 is 12.0 Å². The number of halogens is 1. The van der Waals surface area contributed by atoms with Crippen LogP contribution in [0.5, 0.6) is 11.5 Å².